The van der Waals surface area contributed by atoms with Crippen molar-refractivity contribution in [2.75, 3.05) is 6.61 Å². The van der Waals surface area contributed by atoms with Crippen LogP contribution in [0.25, 0.3) is 22.6 Å². The van der Waals surface area contributed by atoms with Gasteiger partial charge in [0.1, 0.15) is 18.1 Å². The molecule has 0 bridgehead atoms. The SMILES string of the molecule is O=C([O-])COc1cccc(C2CCC(c3nc(-c4ccccc4)c(-c4ccccc4)o3)C2)c1.[Na+]. The Hall–Kier alpha value is -2.86. The third-order valence-electron chi connectivity index (χ3n) is 6.19. The zero-order chi connectivity index (χ0) is 22.6. The number of hydrogen-bond acceptors (Lipinski definition) is 5. The van der Waals surface area contributed by atoms with E-state index in [2.05, 4.69) is 18.2 Å². The van der Waals surface area contributed by atoms with Gasteiger partial charge in [-0.3, -0.25) is 0 Å². The molecule has 0 spiro atoms. The number of carboxylic acid groups (broad SMARTS) is 1. The van der Waals surface area contributed by atoms with Gasteiger partial charge in [-0.1, -0.05) is 72.8 Å². The van der Waals surface area contributed by atoms with E-state index in [1.165, 1.54) is 0 Å². The third-order valence-corrected chi connectivity index (χ3v) is 6.19. The Morgan fingerprint density at radius 1 is 0.912 bits per heavy atom. The van der Waals surface area contributed by atoms with Gasteiger partial charge in [-0.05, 0) is 42.9 Å². The van der Waals surface area contributed by atoms with Gasteiger partial charge in [0.25, 0.3) is 0 Å². The fraction of sp³-hybridized carbons (Fsp3) is 0.214. The summed E-state index contributed by atoms with van der Waals surface area (Å²) in [4.78, 5) is 15.7. The number of rotatable bonds is 7. The van der Waals surface area contributed by atoms with Crippen LogP contribution < -0.4 is 39.4 Å². The number of carboxylic acids is 1. The van der Waals surface area contributed by atoms with Crippen LogP contribution >= 0.6 is 0 Å². The summed E-state index contributed by atoms with van der Waals surface area (Å²) >= 11 is 0. The monoisotopic (exact) mass is 461 g/mol. The fourth-order valence-electron chi connectivity index (χ4n) is 4.60. The van der Waals surface area contributed by atoms with E-state index in [-0.39, 0.29) is 35.5 Å². The summed E-state index contributed by atoms with van der Waals surface area (Å²) in [7, 11) is 0. The van der Waals surface area contributed by atoms with Gasteiger partial charge in [-0.25, -0.2) is 4.98 Å². The largest absolute Gasteiger partial charge is 1.00 e. The number of hydrogen-bond donors (Lipinski definition) is 0. The second-order valence-electron chi connectivity index (χ2n) is 8.40. The topological polar surface area (TPSA) is 75.4 Å². The molecule has 0 aliphatic heterocycles. The van der Waals surface area contributed by atoms with Gasteiger partial charge in [0.2, 0.25) is 0 Å². The average molecular weight is 461 g/mol. The van der Waals surface area contributed by atoms with E-state index in [0.717, 1.165) is 53.3 Å². The number of aliphatic carboxylic acids is 1. The predicted molar refractivity (Wildman–Crippen MR) is 124 cm³/mol. The molecule has 0 amide bonds. The summed E-state index contributed by atoms with van der Waals surface area (Å²) in [5.74, 6) is 1.47. The van der Waals surface area contributed by atoms with Crippen LogP contribution in [0.2, 0.25) is 0 Å². The summed E-state index contributed by atoms with van der Waals surface area (Å²) in [6, 6.07) is 27.9. The van der Waals surface area contributed by atoms with E-state index in [0.29, 0.717) is 11.7 Å². The van der Waals surface area contributed by atoms with Crippen molar-refractivity contribution in [3.05, 3.63) is 96.4 Å². The first-order valence-electron chi connectivity index (χ1n) is 11.2. The molecule has 0 radical (unpaired) electrons. The summed E-state index contributed by atoms with van der Waals surface area (Å²) < 4.78 is 11.7. The fourth-order valence-corrected chi connectivity index (χ4v) is 4.60. The van der Waals surface area contributed by atoms with Crippen LogP contribution in [0, 0.1) is 0 Å². The molecule has 2 atom stereocenters. The normalized spacial score (nSPS) is 17.2. The maximum Gasteiger partial charge on any atom is 1.00 e. The van der Waals surface area contributed by atoms with Crippen molar-refractivity contribution < 1.29 is 48.6 Å². The van der Waals surface area contributed by atoms with Gasteiger partial charge in [0.05, 0.1) is 5.97 Å². The van der Waals surface area contributed by atoms with Gasteiger partial charge in [0, 0.05) is 17.0 Å². The van der Waals surface area contributed by atoms with Gasteiger partial charge < -0.3 is 19.1 Å². The van der Waals surface area contributed by atoms with Gasteiger partial charge in [-0.15, -0.1) is 0 Å². The number of aromatic nitrogens is 1. The standard InChI is InChI=1S/C28H25NO4.Na/c30-25(31)18-32-24-13-7-12-21(17-24)22-14-15-23(16-22)28-29-26(19-8-3-1-4-9-19)27(33-28)20-10-5-2-6-11-20;/h1-13,17,22-23H,14-16,18H2,(H,30,31);/q;+1/p-1. The molecule has 1 heterocycles. The molecule has 1 aliphatic carbocycles. The van der Waals surface area contributed by atoms with Crippen molar-refractivity contribution in [2.24, 2.45) is 0 Å². The van der Waals surface area contributed by atoms with Crippen LogP contribution in [0.3, 0.4) is 0 Å². The molecule has 2 unspecified atom stereocenters. The molecule has 0 N–H and O–H groups in total. The van der Waals surface area contributed by atoms with Crippen molar-refractivity contribution >= 4 is 5.97 Å². The average Bonchev–Trinajstić information content (AvgIpc) is 3.52. The Kier molecular flexibility index (Phi) is 7.88. The second kappa shape index (κ2) is 11.0. The zero-order valence-corrected chi connectivity index (χ0v) is 21.1. The van der Waals surface area contributed by atoms with E-state index in [9.17, 15) is 9.90 Å². The first-order chi connectivity index (χ1) is 16.2. The van der Waals surface area contributed by atoms with Crippen LogP contribution in [0.15, 0.2) is 89.3 Å². The molecule has 1 aliphatic rings. The first-order valence-corrected chi connectivity index (χ1v) is 11.2. The van der Waals surface area contributed by atoms with Crippen LogP contribution in [0.1, 0.15) is 42.6 Å². The third kappa shape index (κ3) is 5.44. The van der Waals surface area contributed by atoms with Crippen LogP contribution in [-0.2, 0) is 4.79 Å². The quantitative estimate of drug-likeness (QED) is 0.395. The van der Waals surface area contributed by atoms with Crippen molar-refractivity contribution in [2.45, 2.75) is 31.1 Å². The zero-order valence-electron chi connectivity index (χ0n) is 19.1. The number of benzene rings is 3. The molecule has 5 rings (SSSR count). The van der Waals surface area contributed by atoms with Gasteiger partial charge >= 0.3 is 29.6 Å². The molecular weight excluding hydrogens is 437 g/mol. The minimum absolute atomic E-state index is 0. The van der Waals surface area contributed by atoms with Crippen LogP contribution in [0.4, 0.5) is 0 Å². The van der Waals surface area contributed by atoms with Crippen molar-refractivity contribution in [3.8, 4) is 28.3 Å². The van der Waals surface area contributed by atoms with E-state index in [1.807, 2.05) is 60.7 Å². The molecule has 0 saturated heterocycles. The van der Waals surface area contributed by atoms with Crippen molar-refractivity contribution in [3.63, 3.8) is 0 Å². The summed E-state index contributed by atoms with van der Waals surface area (Å²) in [6.45, 7) is -0.447. The molecule has 1 aromatic heterocycles. The van der Waals surface area contributed by atoms with E-state index >= 15 is 0 Å². The summed E-state index contributed by atoms with van der Waals surface area (Å²) in [6.07, 6.45) is 2.92. The van der Waals surface area contributed by atoms with Gasteiger partial charge in [-0.2, -0.15) is 0 Å². The van der Waals surface area contributed by atoms with E-state index < -0.39 is 12.6 Å². The number of ether oxygens (including phenoxy) is 1. The molecular formula is C28H24NNaO4. The second-order valence-corrected chi connectivity index (χ2v) is 8.40. The smallest absolute Gasteiger partial charge is 0.546 e. The minimum atomic E-state index is -1.23. The minimum Gasteiger partial charge on any atom is -0.546 e. The number of oxazole rings is 1. The molecule has 34 heavy (non-hydrogen) atoms. The number of carbonyl (C=O) groups excluding carboxylic acids is 1. The van der Waals surface area contributed by atoms with E-state index in [1.54, 1.807) is 6.07 Å². The van der Waals surface area contributed by atoms with Crippen molar-refractivity contribution in [1.29, 1.82) is 0 Å². The van der Waals surface area contributed by atoms with E-state index in [4.69, 9.17) is 14.1 Å². The predicted octanol–water partition coefficient (Wildman–Crippen LogP) is 2.19. The molecule has 1 saturated carbocycles. The molecule has 166 valence electrons. The Morgan fingerprint density at radius 3 is 2.29 bits per heavy atom. The Bertz CT molecular complexity index is 1180. The first kappa shape index (κ1) is 24.3. The number of carbonyl (C=O) groups is 1. The molecule has 5 nitrogen and oxygen atoms in total. The van der Waals surface area contributed by atoms with Crippen LogP contribution in [0.5, 0.6) is 5.75 Å². The molecule has 1 fully saturated rings. The molecule has 6 heteroatoms. The Balaban J connectivity index is 0.00000274. The molecule has 3 aromatic carbocycles. The maximum absolute atomic E-state index is 10.7. The number of nitrogens with zero attached hydrogens (tertiary/aromatic N) is 1. The summed E-state index contributed by atoms with van der Waals surface area (Å²) in [5, 5.41) is 10.7. The van der Waals surface area contributed by atoms with Gasteiger partial charge in [0.15, 0.2) is 11.7 Å². The Labute approximate surface area is 221 Å². The molecule has 4 aromatic rings. The maximum atomic E-state index is 10.7. The summed E-state index contributed by atoms with van der Waals surface area (Å²) in [5.41, 5.74) is 4.07. The van der Waals surface area contributed by atoms with Crippen LogP contribution in [-0.4, -0.2) is 17.6 Å². The van der Waals surface area contributed by atoms with Crippen molar-refractivity contribution in [1.82, 2.24) is 4.98 Å². The Morgan fingerprint density at radius 2 is 1.59 bits per heavy atom.